The summed E-state index contributed by atoms with van der Waals surface area (Å²) in [6, 6.07) is -0.697. The van der Waals surface area contributed by atoms with Gasteiger partial charge in [0.05, 0.1) is 0 Å². The molecule has 0 radical (unpaired) electrons. The number of rotatable bonds is 1. The Hall–Kier alpha value is -1.26. The first kappa shape index (κ1) is 11.2. The van der Waals surface area contributed by atoms with Gasteiger partial charge in [0.15, 0.2) is 0 Å². The number of aliphatic carboxylic acids is 1. The number of nitrogens with zero attached hydrogens (tertiary/aromatic N) is 2. The minimum atomic E-state index is -0.877. The van der Waals surface area contributed by atoms with E-state index in [1.54, 1.807) is 4.90 Å². The molecule has 5 heteroatoms. The largest absolute Gasteiger partial charge is 0.480 e. The third-order valence-corrected chi connectivity index (χ3v) is 3.48. The average molecular weight is 226 g/mol. The maximum Gasteiger partial charge on any atom is 0.326 e. The summed E-state index contributed by atoms with van der Waals surface area (Å²) in [5.41, 5.74) is 0. The molecule has 2 unspecified atom stereocenters. The molecular formula is C11H18N2O3. The zero-order valence-electron chi connectivity index (χ0n) is 9.56. The normalized spacial score (nSPS) is 29.8. The Labute approximate surface area is 95.0 Å². The van der Waals surface area contributed by atoms with Gasteiger partial charge in [0.2, 0.25) is 0 Å². The average Bonchev–Trinajstić information content (AvgIpc) is 2.84. The van der Waals surface area contributed by atoms with Crippen LogP contribution in [0.4, 0.5) is 4.79 Å². The Morgan fingerprint density at radius 3 is 2.56 bits per heavy atom. The molecule has 0 aliphatic carbocycles. The number of urea groups is 1. The smallest absolute Gasteiger partial charge is 0.326 e. The molecule has 0 aromatic rings. The molecule has 0 spiro atoms. The van der Waals surface area contributed by atoms with Gasteiger partial charge >= 0.3 is 12.0 Å². The van der Waals surface area contributed by atoms with Crippen molar-refractivity contribution in [3.8, 4) is 0 Å². The Kier molecular flexibility index (Phi) is 3.03. The molecule has 2 aliphatic heterocycles. The van der Waals surface area contributed by atoms with Crippen LogP contribution in [0.15, 0.2) is 0 Å². The van der Waals surface area contributed by atoms with E-state index in [1.807, 2.05) is 0 Å². The van der Waals surface area contributed by atoms with Crippen molar-refractivity contribution in [3.05, 3.63) is 0 Å². The van der Waals surface area contributed by atoms with E-state index < -0.39 is 12.0 Å². The number of carboxylic acids is 1. The number of carbonyl (C=O) groups is 2. The highest BCUT2D eigenvalue weighted by Crippen LogP contribution is 2.23. The van der Waals surface area contributed by atoms with E-state index in [0.717, 1.165) is 25.9 Å². The van der Waals surface area contributed by atoms with Crippen LogP contribution in [0.25, 0.3) is 0 Å². The third kappa shape index (κ3) is 1.99. The van der Waals surface area contributed by atoms with Gasteiger partial charge in [0.1, 0.15) is 6.04 Å². The van der Waals surface area contributed by atoms with Crippen molar-refractivity contribution in [2.75, 3.05) is 19.6 Å². The Morgan fingerprint density at radius 2 is 2.00 bits per heavy atom. The molecule has 2 fully saturated rings. The highest BCUT2D eigenvalue weighted by molar-refractivity contribution is 5.83. The quantitative estimate of drug-likeness (QED) is 0.725. The summed E-state index contributed by atoms with van der Waals surface area (Å²) in [7, 11) is 0. The second-order valence-corrected chi connectivity index (χ2v) is 4.81. The van der Waals surface area contributed by atoms with Crippen molar-refractivity contribution in [2.45, 2.75) is 32.2 Å². The molecule has 90 valence electrons. The second-order valence-electron chi connectivity index (χ2n) is 4.81. The summed E-state index contributed by atoms with van der Waals surface area (Å²) in [6.07, 6.45) is 2.41. The lowest BCUT2D eigenvalue weighted by Crippen LogP contribution is -2.47. The molecule has 2 heterocycles. The number of carboxylic acid groups (broad SMARTS) is 1. The van der Waals surface area contributed by atoms with Crippen LogP contribution in [0, 0.1) is 5.92 Å². The molecule has 2 atom stereocenters. The third-order valence-electron chi connectivity index (χ3n) is 3.48. The Morgan fingerprint density at radius 1 is 1.25 bits per heavy atom. The van der Waals surface area contributed by atoms with E-state index in [9.17, 15) is 9.59 Å². The molecule has 0 aromatic heterocycles. The maximum atomic E-state index is 12.1. The van der Waals surface area contributed by atoms with E-state index in [2.05, 4.69) is 6.92 Å². The lowest BCUT2D eigenvalue weighted by Gasteiger charge is -2.27. The van der Waals surface area contributed by atoms with Gasteiger partial charge < -0.3 is 14.9 Å². The summed E-state index contributed by atoms with van der Waals surface area (Å²) >= 11 is 0. The van der Waals surface area contributed by atoms with Crippen LogP contribution in [-0.4, -0.2) is 52.6 Å². The highest BCUT2D eigenvalue weighted by Gasteiger charge is 2.37. The van der Waals surface area contributed by atoms with Crippen LogP contribution < -0.4 is 0 Å². The maximum absolute atomic E-state index is 12.1. The van der Waals surface area contributed by atoms with Gasteiger partial charge in [0, 0.05) is 19.6 Å². The Bertz CT molecular complexity index is 306. The van der Waals surface area contributed by atoms with Crippen molar-refractivity contribution in [3.63, 3.8) is 0 Å². The fraction of sp³-hybridized carbons (Fsp3) is 0.818. The lowest BCUT2D eigenvalue weighted by molar-refractivity contribution is -0.141. The molecule has 0 aromatic carbocycles. The molecular weight excluding hydrogens is 208 g/mol. The van der Waals surface area contributed by atoms with Crippen LogP contribution in [0.1, 0.15) is 26.2 Å². The number of carbonyl (C=O) groups excluding carboxylic acids is 1. The number of amides is 2. The molecule has 1 N–H and O–H groups in total. The molecule has 0 saturated carbocycles. The lowest BCUT2D eigenvalue weighted by atomic mass is 10.2. The van der Waals surface area contributed by atoms with Crippen molar-refractivity contribution < 1.29 is 14.7 Å². The van der Waals surface area contributed by atoms with Gasteiger partial charge in [-0.2, -0.15) is 0 Å². The van der Waals surface area contributed by atoms with E-state index >= 15 is 0 Å². The van der Waals surface area contributed by atoms with Crippen LogP contribution in [0.5, 0.6) is 0 Å². The number of likely N-dealkylation sites (tertiary alicyclic amines) is 2. The molecule has 2 aliphatic rings. The van der Waals surface area contributed by atoms with Crippen molar-refractivity contribution in [2.24, 2.45) is 5.92 Å². The van der Waals surface area contributed by atoms with Gasteiger partial charge in [-0.3, -0.25) is 0 Å². The van der Waals surface area contributed by atoms with E-state index in [-0.39, 0.29) is 6.03 Å². The minimum absolute atomic E-state index is 0.0887. The predicted octanol–water partition coefficient (Wildman–Crippen LogP) is 0.997. The van der Waals surface area contributed by atoms with Crippen LogP contribution >= 0.6 is 0 Å². The summed E-state index contributed by atoms with van der Waals surface area (Å²) < 4.78 is 0. The molecule has 0 bridgehead atoms. The van der Waals surface area contributed by atoms with E-state index in [0.29, 0.717) is 18.9 Å². The first-order chi connectivity index (χ1) is 7.59. The SMILES string of the molecule is CC1CCN(C(=O)N2CCCC2C(=O)O)C1. The van der Waals surface area contributed by atoms with Crippen molar-refractivity contribution in [1.29, 1.82) is 0 Å². The monoisotopic (exact) mass is 226 g/mol. The van der Waals surface area contributed by atoms with Gasteiger partial charge in [-0.05, 0) is 25.2 Å². The predicted molar refractivity (Wildman–Crippen MR) is 58.1 cm³/mol. The fourth-order valence-electron chi connectivity index (χ4n) is 2.54. The van der Waals surface area contributed by atoms with E-state index in [1.165, 1.54) is 4.90 Å². The van der Waals surface area contributed by atoms with Crippen molar-refractivity contribution >= 4 is 12.0 Å². The summed E-state index contributed by atoms with van der Waals surface area (Å²) in [6.45, 7) is 4.23. The van der Waals surface area contributed by atoms with Crippen LogP contribution in [0.3, 0.4) is 0 Å². The van der Waals surface area contributed by atoms with E-state index in [4.69, 9.17) is 5.11 Å². The van der Waals surface area contributed by atoms with Gasteiger partial charge in [0.25, 0.3) is 0 Å². The topological polar surface area (TPSA) is 60.9 Å². The van der Waals surface area contributed by atoms with Crippen LogP contribution in [-0.2, 0) is 4.79 Å². The highest BCUT2D eigenvalue weighted by atomic mass is 16.4. The summed E-state index contributed by atoms with van der Waals surface area (Å²) in [5.74, 6) is -0.340. The van der Waals surface area contributed by atoms with Gasteiger partial charge in [-0.1, -0.05) is 6.92 Å². The second kappa shape index (κ2) is 4.31. The number of hydrogen-bond acceptors (Lipinski definition) is 2. The van der Waals surface area contributed by atoms with Crippen molar-refractivity contribution in [1.82, 2.24) is 9.80 Å². The first-order valence-electron chi connectivity index (χ1n) is 5.88. The molecule has 2 amide bonds. The molecule has 16 heavy (non-hydrogen) atoms. The molecule has 2 rings (SSSR count). The summed E-state index contributed by atoms with van der Waals surface area (Å²) in [5, 5.41) is 9.01. The minimum Gasteiger partial charge on any atom is -0.480 e. The molecule has 2 saturated heterocycles. The van der Waals surface area contributed by atoms with Gasteiger partial charge in [-0.15, -0.1) is 0 Å². The first-order valence-corrected chi connectivity index (χ1v) is 5.88. The molecule has 5 nitrogen and oxygen atoms in total. The zero-order chi connectivity index (χ0) is 11.7. The van der Waals surface area contributed by atoms with Crippen LogP contribution in [0.2, 0.25) is 0 Å². The van der Waals surface area contributed by atoms with Gasteiger partial charge in [-0.25, -0.2) is 9.59 Å². The zero-order valence-corrected chi connectivity index (χ0v) is 9.56. The standard InChI is InChI=1S/C11H18N2O3/c1-8-4-6-12(7-8)11(16)13-5-2-3-9(13)10(14)15/h8-9H,2-7H2,1H3,(H,14,15). The summed E-state index contributed by atoms with van der Waals surface area (Å²) in [4.78, 5) is 26.4. The Balaban J connectivity index is 2.01. The fourth-order valence-corrected chi connectivity index (χ4v) is 2.54. The number of hydrogen-bond donors (Lipinski definition) is 1.